The molecule has 0 amide bonds. The van der Waals surface area contributed by atoms with E-state index in [1.54, 1.807) is 0 Å². The first-order valence-corrected chi connectivity index (χ1v) is 6.84. The zero-order valence-electron chi connectivity index (χ0n) is 11.2. The van der Waals surface area contributed by atoms with Gasteiger partial charge in [0.05, 0.1) is 6.67 Å². The number of nitrogens with zero attached hydrogens (tertiary/aromatic N) is 1. The molecular weight excluding hydrogens is 232 g/mol. The van der Waals surface area contributed by atoms with Crippen LogP contribution in [0.2, 0.25) is 0 Å². The van der Waals surface area contributed by atoms with E-state index >= 15 is 0 Å². The highest BCUT2D eigenvalue weighted by Gasteiger charge is 2.38. The summed E-state index contributed by atoms with van der Waals surface area (Å²) in [6.07, 6.45) is 16.0. The highest BCUT2D eigenvalue weighted by molar-refractivity contribution is 5.48. The molecule has 1 fully saturated rings. The number of nitrogens with one attached hydrogen (secondary N) is 1. The summed E-state index contributed by atoms with van der Waals surface area (Å²) in [5.74, 6) is 0.443. The second-order valence-electron chi connectivity index (χ2n) is 5.18. The molecule has 19 heavy (non-hydrogen) atoms. The number of allylic oxidation sites excluding steroid dienone is 6. The molecule has 0 saturated carbocycles. The fourth-order valence-corrected chi connectivity index (χ4v) is 3.22. The maximum Gasteiger partial charge on any atom is 0.0687 e. The van der Waals surface area contributed by atoms with Gasteiger partial charge in [0.25, 0.3) is 0 Å². The van der Waals surface area contributed by atoms with Crippen molar-refractivity contribution in [1.29, 1.82) is 0 Å². The van der Waals surface area contributed by atoms with E-state index in [-0.39, 0.29) is 0 Å². The molecule has 0 bridgehead atoms. The summed E-state index contributed by atoms with van der Waals surface area (Å²) in [6, 6.07) is 0.412. The molecule has 0 aromatic rings. The molecule has 0 aromatic heterocycles. The van der Waals surface area contributed by atoms with Crippen molar-refractivity contribution in [1.82, 2.24) is 10.2 Å². The minimum atomic E-state index is 0.412. The molecule has 2 aliphatic carbocycles. The normalized spacial score (nSPS) is 28.0. The Hall–Kier alpha value is -1.80. The minimum Gasteiger partial charge on any atom is -0.358 e. The maximum absolute atomic E-state index is 3.87. The molecule has 0 aromatic carbocycles. The first-order valence-electron chi connectivity index (χ1n) is 6.84. The van der Waals surface area contributed by atoms with Crippen LogP contribution in [0.15, 0.2) is 72.5 Å². The van der Waals surface area contributed by atoms with Gasteiger partial charge in [-0.05, 0) is 23.6 Å². The Morgan fingerprint density at radius 3 is 2.95 bits per heavy atom. The Labute approximate surface area is 115 Å². The summed E-state index contributed by atoms with van der Waals surface area (Å²) >= 11 is 0. The fraction of sp³-hybridized carbons (Fsp3) is 0.294. The lowest BCUT2D eigenvalue weighted by Gasteiger charge is -2.46. The van der Waals surface area contributed by atoms with Gasteiger partial charge in [-0.25, -0.2) is 0 Å². The topological polar surface area (TPSA) is 15.3 Å². The van der Waals surface area contributed by atoms with Crippen LogP contribution in [0.5, 0.6) is 0 Å². The Bertz CT molecular complexity index is 519. The van der Waals surface area contributed by atoms with Gasteiger partial charge in [0.2, 0.25) is 0 Å². The van der Waals surface area contributed by atoms with Crippen molar-refractivity contribution in [3.8, 4) is 0 Å². The lowest BCUT2D eigenvalue weighted by Crippen LogP contribution is -2.54. The lowest BCUT2D eigenvalue weighted by atomic mass is 9.76. The largest absolute Gasteiger partial charge is 0.358 e. The molecule has 2 nitrogen and oxygen atoms in total. The van der Waals surface area contributed by atoms with Crippen LogP contribution in [0.1, 0.15) is 6.42 Å². The molecule has 3 aliphatic rings. The quantitative estimate of drug-likeness (QED) is 0.774. The minimum absolute atomic E-state index is 0.412. The molecule has 1 saturated heterocycles. The molecule has 3 rings (SSSR count). The van der Waals surface area contributed by atoms with Gasteiger partial charge in [-0.3, -0.25) is 5.32 Å². The lowest BCUT2D eigenvalue weighted by molar-refractivity contribution is 0.229. The van der Waals surface area contributed by atoms with Crippen LogP contribution < -0.4 is 5.32 Å². The van der Waals surface area contributed by atoms with E-state index in [1.165, 1.54) is 16.8 Å². The molecule has 1 aliphatic heterocycles. The van der Waals surface area contributed by atoms with Gasteiger partial charge < -0.3 is 4.90 Å². The number of hydrogen-bond donors (Lipinski definition) is 1. The van der Waals surface area contributed by atoms with E-state index in [1.807, 2.05) is 12.2 Å². The SMILES string of the molecule is C=CCC1=CC=C2C=CC=C3C2C1NCN3CC=C. The summed E-state index contributed by atoms with van der Waals surface area (Å²) in [5.41, 5.74) is 4.24. The van der Waals surface area contributed by atoms with Crippen molar-refractivity contribution >= 4 is 0 Å². The average Bonchev–Trinajstić information content (AvgIpc) is 2.44. The van der Waals surface area contributed by atoms with E-state index in [0.717, 1.165) is 19.6 Å². The van der Waals surface area contributed by atoms with Crippen molar-refractivity contribution in [3.05, 3.63) is 72.5 Å². The first kappa shape index (κ1) is 12.2. The van der Waals surface area contributed by atoms with Crippen LogP contribution in [0.4, 0.5) is 0 Å². The van der Waals surface area contributed by atoms with Gasteiger partial charge in [-0.1, -0.05) is 36.5 Å². The third kappa shape index (κ3) is 2.02. The van der Waals surface area contributed by atoms with Gasteiger partial charge in [0.15, 0.2) is 0 Å². The molecular formula is C17H20N2. The molecule has 2 unspecified atom stereocenters. The van der Waals surface area contributed by atoms with Gasteiger partial charge in [0.1, 0.15) is 0 Å². The Morgan fingerprint density at radius 1 is 1.26 bits per heavy atom. The van der Waals surface area contributed by atoms with E-state index < -0.39 is 0 Å². The van der Waals surface area contributed by atoms with Crippen molar-refractivity contribution in [2.45, 2.75) is 12.5 Å². The predicted molar refractivity (Wildman–Crippen MR) is 80.4 cm³/mol. The van der Waals surface area contributed by atoms with Crippen LogP contribution >= 0.6 is 0 Å². The summed E-state index contributed by atoms with van der Waals surface area (Å²) in [7, 11) is 0. The third-order valence-corrected chi connectivity index (χ3v) is 4.05. The monoisotopic (exact) mass is 252 g/mol. The van der Waals surface area contributed by atoms with Crippen LogP contribution in [0.25, 0.3) is 0 Å². The number of rotatable bonds is 4. The molecule has 1 heterocycles. The molecule has 2 atom stereocenters. The summed E-state index contributed by atoms with van der Waals surface area (Å²) < 4.78 is 0. The third-order valence-electron chi connectivity index (χ3n) is 4.05. The second kappa shape index (κ2) is 5.06. The van der Waals surface area contributed by atoms with Crippen molar-refractivity contribution in [2.75, 3.05) is 13.2 Å². The smallest absolute Gasteiger partial charge is 0.0687 e. The zero-order chi connectivity index (χ0) is 13.2. The zero-order valence-corrected chi connectivity index (χ0v) is 11.2. The van der Waals surface area contributed by atoms with E-state index in [2.05, 4.69) is 53.8 Å². The van der Waals surface area contributed by atoms with Crippen LogP contribution in [-0.4, -0.2) is 24.2 Å². The highest BCUT2D eigenvalue weighted by Crippen LogP contribution is 2.39. The fourth-order valence-electron chi connectivity index (χ4n) is 3.22. The summed E-state index contributed by atoms with van der Waals surface area (Å²) in [4.78, 5) is 2.36. The van der Waals surface area contributed by atoms with Crippen molar-refractivity contribution in [3.63, 3.8) is 0 Å². The van der Waals surface area contributed by atoms with Crippen molar-refractivity contribution < 1.29 is 0 Å². The second-order valence-corrected chi connectivity index (χ2v) is 5.18. The van der Waals surface area contributed by atoms with E-state index in [4.69, 9.17) is 0 Å². The van der Waals surface area contributed by atoms with Crippen LogP contribution in [-0.2, 0) is 0 Å². The highest BCUT2D eigenvalue weighted by atomic mass is 15.3. The van der Waals surface area contributed by atoms with Crippen LogP contribution in [0, 0.1) is 5.92 Å². The molecule has 2 heteroatoms. The van der Waals surface area contributed by atoms with Gasteiger partial charge in [-0.15, -0.1) is 13.2 Å². The van der Waals surface area contributed by atoms with Gasteiger partial charge in [0, 0.05) is 24.2 Å². The Balaban J connectivity index is 1.96. The molecule has 0 spiro atoms. The average molecular weight is 252 g/mol. The maximum atomic E-state index is 3.87. The van der Waals surface area contributed by atoms with E-state index in [9.17, 15) is 0 Å². The summed E-state index contributed by atoms with van der Waals surface area (Å²) in [6.45, 7) is 9.50. The van der Waals surface area contributed by atoms with Gasteiger partial charge >= 0.3 is 0 Å². The van der Waals surface area contributed by atoms with Gasteiger partial charge in [-0.2, -0.15) is 0 Å². The molecule has 0 radical (unpaired) electrons. The molecule has 98 valence electrons. The number of hydrogen-bond acceptors (Lipinski definition) is 2. The Morgan fingerprint density at radius 2 is 2.16 bits per heavy atom. The summed E-state index contributed by atoms with van der Waals surface area (Å²) in [5, 5.41) is 3.67. The first-order chi connectivity index (χ1) is 9.35. The Kier molecular flexibility index (Phi) is 3.26. The van der Waals surface area contributed by atoms with Crippen LogP contribution in [0.3, 0.4) is 0 Å². The molecule has 1 N–H and O–H groups in total. The van der Waals surface area contributed by atoms with E-state index in [0.29, 0.717) is 12.0 Å². The predicted octanol–water partition coefficient (Wildman–Crippen LogP) is 2.92. The standard InChI is InChI=1S/C17H20N2/c1-3-6-14-10-9-13-7-5-8-15-16(13)17(14)18-12-19(15)11-4-2/h3-5,7-10,16-18H,1-2,6,11-12H2. The van der Waals surface area contributed by atoms with Crippen molar-refractivity contribution in [2.24, 2.45) is 5.92 Å².